The first-order chi connectivity index (χ1) is 13.9. The van der Waals surface area contributed by atoms with Crippen LogP contribution >= 0.6 is 0 Å². The SMILES string of the molecule is O=C(O)CCNC(=O)c1ccc(NC(=O)C2CC(=O)N(Cc3ccco3)C2)cc1. The van der Waals surface area contributed by atoms with Gasteiger partial charge in [0.2, 0.25) is 11.8 Å². The van der Waals surface area contributed by atoms with E-state index in [4.69, 9.17) is 9.52 Å². The Bertz CT molecular complexity index is 891. The molecule has 1 aliphatic heterocycles. The predicted octanol–water partition coefficient (Wildman–Crippen LogP) is 1.47. The molecule has 1 aliphatic rings. The van der Waals surface area contributed by atoms with Gasteiger partial charge in [0.15, 0.2) is 0 Å². The summed E-state index contributed by atoms with van der Waals surface area (Å²) in [6.07, 6.45) is 1.52. The van der Waals surface area contributed by atoms with E-state index < -0.39 is 11.9 Å². The van der Waals surface area contributed by atoms with Gasteiger partial charge in [-0.2, -0.15) is 0 Å². The van der Waals surface area contributed by atoms with Crippen LogP contribution in [0.4, 0.5) is 5.69 Å². The van der Waals surface area contributed by atoms with E-state index in [0.29, 0.717) is 30.1 Å². The first kappa shape index (κ1) is 20.1. The van der Waals surface area contributed by atoms with Crippen molar-refractivity contribution in [1.29, 1.82) is 0 Å². The minimum atomic E-state index is -0.989. The summed E-state index contributed by atoms with van der Waals surface area (Å²) in [5, 5.41) is 13.8. The van der Waals surface area contributed by atoms with Crippen molar-refractivity contribution in [3.8, 4) is 0 Å². The number of carboxylic acid groups (broad SMARTS) is 1. The van der Waals surface area contributed by atoms with Crippen LogP contribution in [-0.4, -0.2) is 46.8 Å². The van der Waals surface area contributed by atoms with Gasteiger partial charge in [0.05, 0.1) is 25.1 Å². The van der Waals surface area contributed by atoms with Gasteiger partial charge in [0.25, 0.3) is 5.91 Å². The highest BCUT2D eigenvalue weighted by molar-refractivity contribution is 5.98. The van der Waals surface area contributed by atoms with Crippen molar-refractivity contribution in [2.75, 3.05) is 18.4 Å². The van der Waals surface area contributed by atoms with Gasteiger partial charge < -0.3 is 25.1 Å². The Morgan fingerprint density at radius 3 is 2.59 bits per heavy atom. The summed E-state index contributed by atoms with van der Waals surface area (Å²) in [4.78, 5) is 48.6. The number of likely N-dealkylation sites (tertiary alicyclic amines) is 1. The lowest BCUT2D eigenvalue weighted by Crippen LogP contribution is -2.28. The van der Waals surface area contributed by atoms with Gasteiger partial charge in [-0.25, -0.2) is 0 Å². The Kier molecular flexibility index (Phi) is 6.28. The number of nitrogens with one attached hydrogen (secondary N) is 2. The third-order valence-electron chi connectivity index (χ3n) is 4.55. The average Bonchev–Trinajstić information content (AvgIpc) is 3.32. The van der Waals surface area contributed by atoms with E-state index in [2.05, 4.69) is 10.6 Å². The summed E-state index contributed by atoms with van der Waals surface area (Å²) >= 11 is 0. The number of aliphatic carboxylic acids is 1. The fraction of sp³-hybridized carbons (Fsp3) is 0.300. The Labute approximate surface area is 166 Å². The average molecular weight is 399 g/mol. The van der Waals surface area contributed by atoms with E-state index in [0.717, 1.165) is 0 Å². The summed E-state index contributed by atoms with van der Waals surface area (Å²) < 4.78 is 5.25. The van der Waals surface area contributed by atoms with Gasteiger partial charge in [-0.1, -0.05) is 0 Å². The van der Waals surface area contributed by atoms with Crippen molar-refractivity contribution in [2.45, 2.75) is 19.4 Å². The molecule has 2 aromatic rings. The first-order valence-electron chi connectivity index (χ1n) is 9.13. The Morgan fingerprint density at radius 2 is 1.93 bits per heavy atom. The zero-order chi connectivity index (χ0) is 20.8. The van der Waals surface area contributed by atoms with Crippen molar-refractivity contribution in [1.82, 2.24) is 10.2 Å². The monoisotopic (exact) mass is 399 g/mol. The molecule has 0 aliphatic carbocycles. The summed E-state index contributed by atoms with van der Waals surface area (Å²) in [6, 6.07) is 9.77. The summed E-state index contributed by atoms with van der Waals surface area (Å²) in [5.74, 6) is -1.54. The third kappa shape index (κ3) is 5.44. The van der Waals surface area contributed by atoms with Crippen molar-refractivity contribution in [3.63, 3.8) is 0 Å². The molecule has 0 bridgehead atoms. The zero-order valence-corrected chi connectivity index (χ0v) is 15.6. The maximum atomic E-state index is 12.5. The van der Waals surface area contributed by atoms with Gasteiger partial charge in [0, 0.05) is 30.8 Å². The Hall–Kier alpha value is -3.62. The molecule has 3 rings (SSSR count). The van der Waals surface area contributed by atoms with Gasteiger partial charge in [-0.15, -0.1) is 0 Å². The summed E-state index contributed by atoms with van der Waals surface area (Å²) in [5.41, 5.74) is 0.864. The van der Waals surface area contributed by atoms with E-state index in [1.807, 2.05) is 0 Å². The molecule has 2 heterocycles. The van der Waals surface area contributed by atoms with Crippen molar-refractivity contribution >= 4 is 29.4 Å². The molecule has 1 aromatic carbocycles. The molecule has 9 heteroatoms. The van der Waals surface area contributed by atoms with Gasteiger partial charge in [-0.3, -0.25) is 19.2 Å². The van der Waals surface area contributed by atoms with Gasteiger partial charge >= 0.3 is 5.97 Å². The van der Waals surface area contributed by atoms with Crippen molar-refractivity contribution < 1.29 is 28.7 Å². The normalized spacial score (nSPS) is 15.9. The number of carbonyl (C=O) groups is 4. The highest BCUT2D eigenvalue weighted by Crippen LogP contribution is 2.22. The van der Waals surface area contributed by atoms with Crippen LogP contribution in [0.5, 0.6) is 0 Å². The molecule has 3 amide bonds. The lowest BCUT2D eigenvalue weighted by Gasteiger charge is -2.15. The second-order valence-corrected chi connectivity index (χ2v) is 6.72. The molecule has 9 nitrogen and oxygen atoms in total. The number of hydrogen-bond acceptors (Lipinski definition) is 5. The lowest BCUT2D eigenvalue weighted by molar-refractivity contribution is -0.136. The molecular weight excluding hydrogens is 378 g/mol. The Balaban J connectivity index is 1.51. The number of carboxylic acids is 1. The van der Waals surface area contributed by atoms with Crippen LogP contribution in [0.3, 0.4) is 0 Å². The molecule has 29 heavy (non-hydrogen) atoms. The van der Waals surface area contributed by atoms with Crippen LogP contribution in [0.1, 0.15) is 29.0 Å². The number of nitrogens with zero attached hydrogens (tertiary/aromatic N) is 1. The summed E-state index contributed by atoms with van der Waals surface area (Å²) in [6.45, 7) is 0.688. The van der Waals surface area contributed by atoms with Crippen molar-refractivity contribution in [3.05, 3.63) is 54.0 Å². The maximum absolute atomic E-state index is 12.5. The highest BCUT2D eigenvalue weighted by atomic mass is 16.4. The van der Waals surface area contributed by atoms with Gasteiger partial charge in [0.1, 0.15) is 5.76 Å². The molecule has 0 spiro atoms. The quantitative estimate of drug-likeness (QED) is 0.617. The van der Waals surface area contributed by atoms with Crippen LogP contribution in [0, 0.1) is 5.92 Å². The molecule has 1 aromatic heterocycles. The fourth-order valence-electron chi connectivity index (χ4n) is 3.03. The second kappa shape index (κ2) is 9.05. The first-order valence-corrected chi connectivity index (χ1v) is 9.13. The molecular formula is C20H21N3O6. The number of furan rings is 1. The van der Waals surface area contributed by atoms with E-state index in [-0.39, 0.29) is 37.1 Å². The third-order valence-corrected chi connectivity index (χ3v) is 4.55. The number of carbonyl (C=O) groups excluding carboxylic acids is 3. The Morgan fingerprint density at radius 1 is 1.17 bits per heavy atom. The van der Waals surface area contributed by atoms with Crippen LogP contribution in [0.15, 0.2) is 47.1 Å². The molecule has 1 unspecified atom stereocenters. The highest BCUT2D eigenvalue weighted by Gasteiger charge is 2.34. The van der Waals surface area contributed by atoms with E-state index in [1.54, 1.807) is 29.2 Å². The van der Waals surface area contributed by atoms with Gasteiger partial charge in [-0.05, 0) is 36.4 Å². The van der Waals surface area contributed by atoms with E-state index in [1.165, 1.54) is 18.4 Å². The number of anilines is 1. The number of hydrogen-bond donors (Lipinski definition) is 3. The smallest absolute Gasteiger partial charge is 0.305 e. The molecule has 3 N–H and O–H groups in total. The molecule has 1 fully saturated rings. The van der Waals surface area contributed by atoms with Crippen LogP contribution in [0.2, 0.25) is 0 Å². The van der Waals surface area contributed by atoms with Crippen LogP contribution in [0.25, 0.3) is 0 Å². The largest absolute Gasteiger partial charge is 0.481 e. The fourth-order valence-corrected chi connectivity index (χ4v) is 3.03. The molecule has 1 atom stereocenters. The molecule has 152 valence electrons. The minimum absolute atomic E-state index is 0.0386. The van der Waals surface area contributed by atoms with Crippen molar-refractivity contribution in [2.24, 2.45) is 5.92 Å². The number of amides is 3. The van der Waals surface area contributed by atoms with E-state index >= 15 is 0 Å². The minimum Gasteiger partial charge on any atom is -0.481 e. The van der Waals surface area contributed by atoms with E-state index in [9.17, 15) is 19.2 Å². The molecule has 1 saturated heterocycles. The van der Waals surface area contributed by atoms with Crippen LogP contribution < -0.4 is 10.6 Å². The molecule has 0 saturated carbocycles. The number of benzene rings is 1. The summed E-state index contributed by atoms with van der Waals surface area (Å²) in [7, 11) is 0. The predicted molar refractivity (Wildman–Crippen MR) is 102 cm³/mol. The zero-order valence-electron chi connectivity index (χ0n) is 15.6. The standard InChI is InChI=1S/C20H21N3O6/c24-17-10-14(11-23(17)12-16-2-1-9-29-16)20(28)22-15-5-3-13(4-6-15)19(27)21-8-7-18(25)26/h1-6,9,14H,7-8,10-12H2,(H,21,27)(H,22,28)(H,25,26). The second-order valence-electron chi connectivity index (χ2n) is 6.72. The topological polar surface area (TPSA) is 129 Å². The number of rotatable bonds is 8. The molecule has 0 radical (unpaired) electrons. The van der Waals surface area contributed by atoms with Crippen LogP contribution in [-0.2, 0) is 20.9 Å². The maximum Gasteiger partial charge on any atom is 0.305 e. The lowest BCUT2D eigenvalue weighted by atomic mass is 10.1.